The molecule has 0 bridgehead atoms. The molecule has 0 amide bonds. The molecule has 3 rings (SSSR count). The molecule has 0 saturated heterocycles. The molecule has 0 fully saturated rings. The molecule has 7 nitrogen and oxygen atoms in total. The second-order valence-electron chi connectivity index (χ2n) is 6.46. The Bertz CT molecular complexity index is 940. The fraction of sp³-hybridized carbons (Fsp3) is 0.368. The van der Waals surface area contributed by atoms with Gasteiger partial charge in [-0.15, -0.1) is 0 Å². The second-order valence-corrected chi connectivity index (χ2v) is 6.86. The maximum Gasteiger partial charge on any atom is 0.362 e. The van der Waals surface area contributed by atoms with Gasteiger partial charge in [-0.05, 0) is 24.1 Å². The van der Waals surface area contributed by atoms with Gasteiger partial charge in [0.1, 0.15) is 17.9 Å². The molecule has 144 valence electrons. The van der Waals surface area contributed by atoms with Gasteiger partial charge in [0.15, 0.2) is 5.43 Å². The molecule has 1 aromatic carbocycles. The first-order valence-corrected chi connectivity index (χ1v) is 9.05. The standard InChI is InChI=1S/C19H21ClN2O5/c1-3-15-10(2)11-7-18(26-5-4-23)14(20)6-12(11)16-8-17(24)13(9-22(15)16)19(25)27-21/h6-10,15,23H,3-5,21H2,1-2H3. The third-order valence-electron chi connectivity index (χ3n) is 4.98. The van der Waals surface area contributed by atoms with E-state index in [2.05, 4.69) is 11.8 Å². The molecule has 2 aromatic rings. The summed E-state index contributed by atoms with van der Waals surface area (Å²) in [6.07, 6.45) is 2.29. The van der Waals surface area contributed by atoms with Gasteiger partial charge in [-0.25, -0.2) is 4.79 Å². The Morgan fingerprint density at radius 2 is 2.11 bits per heavy atom. The molecule has 2 unspecified atom stereocenters. The highest BCUT2D eigenvalue weighted by atomic mass is 35.5. The lowest BCUT2D eigenvalue weighted by Crippen LogP contribution is -2.28. The second kappa shape index (κ2) is 7.72. The van der Waals surface area contributed by atoms with E-state index >= 15 is 0 Å². The SMILES string of the molecule is CCC1C(C)c2cc(OCCO)c(Cl)cc2-c2cc(=O)c(C(=O)ON)cn21. The smallest absolute Gasteiger partial charge is 0.362 e. The zero-order valence-electron chi connectivity index (χ0n) is 15.1. The van der Waals surface area contributed by atoms with E-state index in [0.29, 0.717) is 16.5 Å². The summed E-state index contributed by atoms with van der Waals surface area (Å²) in [6, 6.07) is 5.03. The number of hydrogen-bond acceptors (Lipinski definition) is 6. The summed E-state index contributed by atoms with van der Waals surface area (Å²) in [6.45, 7) is 4.14. The van der Waals surface area contributed by atoms with Crippen LogP contribution in [0.15, 0.2) is 29.2 Å². The quantitative estimate of drug-likeness (QED) is 0.758. The Morgan fingerprint density at radius 1 is 1.37 bits per heavy atom. The summed E-state index contributed by atoms with van der Waals surface area (Å²) in [5.41, 5.74) is 1.89. The van der Waals surface area contributed by atoms with Crippen LogP contribution in [0.2, 0.25) is 5.02 Å². The number of hydrogen-bond donors (Lipinski definition) is 2. The molecule has 3 N–H and O–H groups in total. The lowest BCUT2D eigenvalue weighted by atomic mass is 9.83. The fourth-order valence-corrected chi connectivity index (χ4v) is 3.91. The molecule has 2 heterocycles. The number of nitrogens with zero attached hydrogens (tertiary/aromatic N) is 1. The number of halogens is 1. The fourth-order valence-electron chi connectivity index (χ4n) is 3.69. The average molecular weight is 393 g/mol. The monoisotopic (exact) mass is 392 g/mol. The number of rotatable bonds is 5. The molecule has 27 heavy (non-hydrogen) atoms. The van der Waals surface area contributed by atoms with Gasteiger partial charge < -0.3 is 19.2 Å². The largest absolute Gasteiger partial charge is 0.490 e. The van der Waals surface area contributed by atoms with E-state index in [0.717, 1.165) is 17.5 Å². The maximum atomic E-state index is 12.4. The lowest BCUT2D eigenvalue weighted by Gasteiger charge is -2.36. The molecular formula is C19H21ClN2O5. The Kier molecular flexibility index (Phi) is 5.55. The van der Waals surface area contributed by atoms with Gasteiger partial charge in [0, 0.05) is 29.8 Å². The highest BCUT2D eigenvalue weighted by molar-refractivity contribution is 6.32. The number of aliphatic hydroxyl groups excluding tert-OH is 1. The lowest BCUT2D eigenvalue weighted by molar-refractivity contribution is 0.0500. The topological polar surface area (TPSA) is 104 Å². The van der Waals surface area contributed by atoms with Crippen LogP contribution in [0.5, 0.6) is 5.75 Å². The zero-order valence-corrected chi connectivity index (χ0v) is 15.8. The zero-order chi connectivity index (χ0) is 19.7. The van der Waals surface area contributed by atoms with E-state index in [9.17, 15) is 9.59 Å². The van der Waals surface area contributed by atoms with Crippen LogP contribution in [0.25, 0.3) is 11.3 Å². The van der Waals surface area contributed by atoms with Crippen molar-refractivity contribution in [1.29, 1.82) is 0 Å². The molecule has 1 aliphatic rings. The Balaban J connectivity index is 2.23. The van der Waals surface area contributed by atoms with Crippen molar-refractivity contribution in [2.24, 2.45) is 5.90 Å². The number of nitrogens with two attached hydrogens (primary N) is 1. The van der Waals surface area contributed by atoms with E-state index in [1.807, 2.05) is 17.6 Å². The number of benzene rings is 1. The van der Waals surface area contributed by atoms with Crippen LogP contribution >= 0.6 is 11.6 Å². The van der Waals surface area contributed by atoms with Gasteiger partial charge in [0.05, 0.1) is 17.3 Å². The number of aromatic nitrogens is 1. The summed E-state index contributed by atoms with van der Waals surface area (Å²) in [5, 5.41) is 9.37. The molecule has 2 atom stereocenters. The molecule has 0 spiro atoms. The summed E-state index contributed by atoms with van der Waals surface area (Å²) < 4.78 is 7.43. The summed E-state index contributed by atoms with van der Waals surface area (Å²) in [5.74, 6) is 4.65. The predicted octanol–water partition coefficient (Wildman–Crippen LogP) is 2.64. The van der Waals surface area contributed by atoms with Crippen LogP contribution < -0.4 is 16.1 Å². The van der Waals surface area contributed by atoms with E-state index in [-0.39, 0.29) is 30.7 Å². The molecule has 1 aromatic heterocycles. The van der Waals surface area contributed by atoms with Crippen molar-refractivity contribution in [3.8, 4) is 17.0 Å². The Hall–Kier alpha value is -2.35. The van der Waals surface area contributed by atoms with Crippen molar-refractivity contribution in [1.82, 2.24) is 4.57 Å². The van der Waals surface area contributed by atoms with E-state index < -0.39 is 11.4 Å². The van der Waals surface area contributed by atoms with Crippen molar-refractivity contribution >= 4 is 17.6 Å². The minimum atomic E-state index is -0.866. The van der Waals surface area contributed by atoms with Crippen molar-refractivity contribution in [3.05, 3.63) is 50.8 Å². The average Bonchev–Trinajstić information content (AvgIpc) is 2.66. The predicted molar refractivity (Wildman–Crippen MR) is 101 cm³/mol. The van der Waals surface area contributed by atoms with Gasteiger partial charge >= 0.3 is 5.97 Å². The number of fused-ring (bicyclic) bond motifs is 3. The van der Waals surface area contributed by atoms with Gasteiger partial charge in [0.25, 0.3) is 0 Å². The van der Waals surface area contributed by atoms with E-state index in [4.69, 9.17) is 27.3 Å². The van der Waals surface area contributed by atoms with Crippen LogP contribution in [0.1, 0.15) is 48.1 Å². The first kappa shape index (κ1) is 19.4. The van der Waals surface area contributed by atoms with Crippen LogP contribution in [0.4, 0.5) is 0 Å². The normalized spacial score (nSPS) is 17.8. The van der Waals surface area contributed by atoms with Crippen LogP contribution in [-0.2, 0) is 4.84 Å². The third-order valence-corrected chi connectivity index (χ3v) is 5.27. The van der Waals surface area contributed by atoms with Crippen molar-refractivity contribution in [2.75, 3.05) is 13.2 Å². The van der Waals surface area contributed by atoms with Crippen LogP contribution in [0, 0.1) is 0 Å². The summed E-state index contributed by atoms with van der Waals surface area (Å²) >= 11 is 6.34. The molecule has 0 saturated carbocycles. The third kappa shape index (κ3) is 3.34. The summed E-state index contributed by atoms with van der Waals surface area (Å²) in [4.78, 5) is 28.5. The van der Waals surface area contributed by atoms with Gasteiger partial charge in [0.2, 0.25) is 0 Å². The van der Waals surface area contributed by atoms with Crippen LogP contribution in [-0.4, -0.2) is 28.9 Å². The van der Waals surface area contributed by atoms with Gasteiger partial charge in [-0.2, -0.15) is 5.90 Å². The van der Waals surface area contributed by atoms with Gasteiger partial charge in [-0.1, -0.05) is 25.4 Å². The van der Waals surface area contributed by atoms with Crippen LogP contribution in [0.3, 0.4) is 0 Å². The number of carbonyl (C=O) groups excluding carboxylic acids is 1. The maximum absolute atomic E-state index is 12.4. The number of aliphatic hydroxyl groups is 1. The number of pyridine rings is 1. The highest BCUT2D eigenvalue weighted by Crippen LogP contribution is 2.46. The van der Waals surface area contributed by atoms with Crippen molar-refractivity contribution in [2.45, 2.75) is 32.2 Å². The summed E-state index contributed by atoms with van der Waals surface area (Å²) in [7, 11) is 0. The van der Waals surface area contributed by atoms with Gasteiger partial charge in [-0.3, -0.25) is 4.79 Å². The van der Waals surface area contributed by atoms with E-state index in [1.54, 1.807) is 6.07 Å². The molecular weight excluding hydrogens is 372 g/mol. The minimum Gasteiger partial charge on any atom is -0.490 e. The molecule has 0 radical (unpaired) electrons. The number of carbonyl (C=O) groups is 1. The molecule has 0 aliphatic carbocycles. The molecule has 8 heteroatoms. The Morgan fingerprint density at radius 3 is 2.74 bits per heavy atom. The number of ether oxygens (including phenoxy) is 1. The highest BCUT2D eigenvalue weighted by Gasteiger charge is 2.31. The minimum absolute atomic E-state index is 0.0179. The Labute approximate surface area is 161 Å². The first-order valence-electron chi connectivity index (χ1n) is 8.67. The first-order chi connectivity index (χ1) is 12.9. The van der Waals surface area contributed by atoms with Crippen molar-refractivity contribution in [3.63, 3.8) is 0 Å². The molecule has 1 aliphatic heterocycles. The van der Waals surface area contributed by atoms with E-state index in [1.165, 1.54) is 12.3 Å². The van der Waals surface area contributed by atoms with Crippen molar-refractivity contribution < 1.29 is 19.5 Å².